The second-order valence-corrected chi connectivity index (χ2v) is 13.7. The SMILES string of the molecule is CNC(=O)C1CCC(CN(C)C(=O)O/N=C(\C)[C@H]2CC[C@H]3[C@@H]4CC[C@H]5CC(=O)CC[C@]5(C)[C@H]4CC[C@]23C)N1. The smallest absolute Gasteiger partial charge is 0.358 e. The summed E-state index contributed by atoms with van der Waals surface area (Å²) >= 11 is 0. The minimum atomic E-state index is -0.448. The third-order valence-electron chi connectivity index (χ3n) is 11.9. The average molecular weight is 529 g/mol. The highest BCUT2D eigenvalue weighted by molar-refractivity contribution is 5.86. The number of likely N-dealkylation sites (N-methyl/N-ethyl adjacent to an activating group) is 2. The Kier molecular flexibility index (Phi) is 7.66. The first-order valence-corrected chi connectivity index (χ1v) is 15.0. The first-order chi connectivity index (χ1) is 18.1. The van der Waals surface area contributed by atoms with Gasteiger partial charge in [-0.25, -0.2) is 4.79 Å². The van der Waals surface area contributed by atoms with Crippen molar-refractivity contribution in [1.29, 1.82) is 0 Å². The van der Waals surface area contributed by atoms with Crippen molar-refractivity contribution >= 4 is 23.5 Å². The Morgan fingerprint density at radius 3 is 2.58 bits per heavy atom. The van der Waals surface area contributed by atoms with E-state index in [0.717, 1.165) is 56.1 Å². The zero-order valence-corrected chi connectivity index (χ0v) is 24.1. The van der Waals surface area contributed by atoms with Gasteiger partial charge in [0.25, 0.3) is 0 Å². The molecule has 2 amide bonds. The van der Waals surface area contributed by atoms with Gasteiger partial charge in [0.05, 0.1) is 11.8 Å². The lowest BCUT2D eigenvalue weighted by Gasteiger charge is -2.60. The van der Waals surface area contributed by atoms with Gasteiger partial charge in [-0.1, -0.05) is 19.0 Å². The molecule has 4 saturated carbocycles. The van der Waals surface area contributed by atoms with Crippen molar-refractivity contribution < 1.29 is 19.2 Å². The molecule has 5 aliphatic rings. The summed E-state index contributed by atoms with van der Waals surface area (Å²) in [6.07, 6.45) is 11.1. The van der Waals surface area contributed by atoms with E-state index in [9.17, 15) is 14.4 Å². The molecule has 1 aliphatic heterocycles. The van der Waals surface area contributed by atoms with Gasteiger partial charge < -0.3 is 15.5 Å². The van der Waals surface area contributed by atoms with Crippen molar-refractivity contribution in [2.45, 2.75) is 103 Å². The van der Waals surface area contributed by atoms with E-state index in [-0.39, 0.29) is 23.4 Å². The lowest BCUT2D eigenvalue weighted by atomic mass is 9.44. The number of amides is 2. The maximum Gasteiger partial charge on any atom is 0.435 e. The third kappa shape index (κ3) is 4.79. The molecule has 5 fully saturated rings. The first-order valence-electron chi connectivity index (χ1n) is 15.0. The fraction of sp³-hybridized carbons (Fsp3) is 0.867. The molecule has 38 heavy (non-hydrogen) atoms. The number of ketones is 1. The van der Waals surface area contributed by atoms with Crippen LogP contribution in [0.15, 0.2) is 5.16 Å². The molecule has 8 nitrogen and oxygen atoms in total. The van der Waals surface area contributed by atoms with Crippen molar-refractivity contribution in [1.82, 2.24) is 15.5 Å². The van der Waals surface area contributed by atoms with Gasteiger partial charge in [0, 0.05) is 45.4 Å². The molecule has 2 unspecified atom stereocenters. The molecule has 9 atom stereocenters. The molecule has 0 bridgehead atoms. The number of Topliss-reactive ketones (excluding diaryl/α,β-unsaturated/α-hetero) is 1. The number of nitrogens with one attached hydrogen (secondary N) is 2. The van der Waals surface area contributed by atoms with Crippen LogP contribution in [0.25, 0.3) is 0 Å². The van der Waals surface area contributed by atoms with Gasteiger partial charge in [-0.2, -0.15) is 0 Å². The zero-order valence-electron chi connectivity index (χ0n) is 24.1. The number of oxime groups is 1. The molecule has 0 aromatic heterocycles. The molecule has 0 spiro atoms. The standard InChI is InChI=1S/C30H48N4O4/c1-18(33-38-28(37)34(5)17-20-7-11-26(32-20)27(36)31-4)23-9-10-24-22-8-6-19-16-21(35)12-14-29(19,2)25(22)13-15-30(23,24)3/h19-20,22-26,32H,6-17H2,1-5H3,(H,31,36)/b33-18+/t19-,20?,22-,23+,24-,25-,26?,29-,30+/m0/s1. The van der Waals surface area contributed by atoms with Crippen LogP contribution >= 0.6 is 0 Å². The molecule has 5 rings (SSSR count). The number of rotatable bonds is 5. The largest absolute Gasteiger partial charge is 0.435 e. The van der Waals surface area contributed by atoms with E-state index in [1.165, 1.54) is 32.1 Å². The van der Waals surface area contributed by atoms with Crippen LogP contribution in [0.3, 0.4) is 0 Å². The second kappa shape index (κ2) is 10.5. The number of hydrogen-bond acceptors (Lipinski definition) is 6. The van der Waals surface area contributed by atoms with E-state index in [1.807, 2.05) is 6.92 Å². The van der Waals surface area contributed by atoms with E-state index in [4.69, 9.17) is 4.84 Å². The Hall–Kier alpha value is -1.96. The molecule has 212 valence electrons. The molecular formula is C30H48N4O4. The molecule has 4 aliphatic carbocycles. The normalized spacial score (nSPS) is 42.6. The summed E-state index contributed by atoms with van der Waals surface area (Å²) < 4.78 is 0. The highest BCUT2D eigenvalue weighted by Gasteiger charge is 2.60. The van der Waals surface area contributed by atoms with Gasteiger partial charge >= 0.3 is 6.09 Å². The van der Waals surface area contributed by atoms with Crippen molar-refractivity contribution in [3.8, 4) is 0 Å². The predicted molar refractivity (Wildman–Crippen MR) is 146 cm³/mol. The second-order valence-electron chi connectivity index (χ2n) is 13.7. The van der Waals surface area contributed by atoms with Gasteiger partial charge in [-0.15, -0.1) is 0 Å². The van der Waals surface area contributed by atoms with E-state index in [0.29, 0.717) is 35.5 Å². The van der Waals surface area contributed by atoms with Gasteiger partial charge in [0.2, 0.25) is 5.91 Å². The Labute approximate surface area is 228 Å². The molecule has 8 heteroatoms. The number of nitrogens with zero attached hydrogens (tertiary/aromatic N) is 2. The van der Waals surface area contributed by atoms with E-state index in [2.05, 4.69) is 29.6 Å². The highest BCUT2D eigenvalue weighted by atomic mass is 16.7. The van der Waals surface area contributed by atoms with Crippen molar-refractivity contribution in [2.24, 2.45) is 45.6 Å². The van der Waals surface area contributed by atoms with Crippen LogP contribution in [0.2, 0.25) is 0 Å². The first kappa shape index (κ1) is 27.6. The van der Waals surface area contributed by atoms with Crippen LogP contribution in [0.4, 0.5) is 4.79 Å². The van der Waals surface area contributed by atoms with Crippen LogP contribution in [0.5, 0.6) is 0 Å². The minimum Gasteiger partial charge on any atom is -0.358 e. The predicted octanol–water partition coefficient (Wildman–Crippen LogP) is 4.53. The lowest BCUT2D eigenvalue weighted by molar-refractivity contribution is -0.138. The molecule has 0 radical (unpaired) electrons. The van der Waals surface area contributed by atoms with E-state index in [1.54, 1.807) is 19.0 Å². The van der Waals surface area contributed by atoms with Gasteiger partial charge in [-0.05, 0) is 99.2 Å². The Bertz CT molecular complexity index is 983. The fourth-order valence-electron chi connectivity index (χ4n) is 9.73. The lowest BCUT2D eigenvalue weighted by Crippen LogP contribution is -2.53. The molecule has 0 aromatic rings. The monoisotopic (exact) mass is 528 g/mol. The Morgan fingerprint density at radius 2 is 1.82 bits per heavy atom. The third-order valence-corrected chi connectivity index (χ3v) is 11.9. The van der Waals surface area contributed by atoms with Crippen LogP contribution in [-0.4, -0.2) is 61.1 Å². The van der Waals surface area contributed by atoms with Crippen LogP contribution in [0.1, 0.15) is 91.4 Å². The van der Waals surface area contributed by atoms with Gasteiger partial charge in [-0.3, -0.25) is 14.4 Å². The summed E-state index contributed by atoms with van der Waals surface area (Å²) in [6.45, 7) is 7.48. The van der Waals surface area contributed by atoms with E-state index < -0.39 is 6.09 Å². The topological polar surface area (TPSA) is 100 Å². The average Bonchev–Trinajstić information content (AvgIpc) is 3.51. The molecular weight excluding hydrogens is 480 g/mol. The quantitative estimate of drug-likeness (QED) is 0.310. The van der Waals surface area contributed by atoms with Crippen LogP contribution in [0, 0.1) is 40.4 Å². The Morgan fingerprint density at radius 1 is 1.05 bits per heavy atom. The van der Waals surface area contributed by atoms with Crippen molar-refractivity contribution in [3.63, 3.8) is 0 Å². The van der Waals surface area contributed by atoms with Crippen molar-refractivity contribution in [3.05, 3.63) is 0 Å². The molecule has 0 aromatic carbocycles. The fourth-order valence-corrected chi connectivity index (χ4v) is 9.73. The Balaban J connectivity index is 1.18. The summed E-state index contributed by atoms with van der Waals surface area (Å²) in [5.41, 5.74) is 1.47. The molecule has 1 heterocycles. The van der Waals surface area contributed by atoms with E-state index >= 15 is 0 Å². The maximum absolute atomic E-state index is 12.7. The maximum atomic E-state index is 12.7. The highest BCUT2D eigenvalue weighted by Crippen LogP contribution is 2.67. The van der Waals surface area contributed by atoms with Crippen LogP contribution in [-0.2, 0) is 14.4 Å². The summed E-state index contributed by atoms with van der Waals surface area (Å²) in [7, 11) is 3.37. The summed E-state index contributed by atoms with van der Waals surface area (Å²) in [6, 6.07) is -0.122. The van der Waals surface area contributed by atoms with Gasteiger partial charge in [0.15, 0.2) is 0 Å². The summed E-state index contributed by atoms with van der Waals surface area (Å²) in [5, 5.41) is 10.4. The number of hydrogen-bond donors (Lipinski definition) is 2. The van der Waals surface area contributed by atoms with Crippen molar-refractivity contribution in [2.75, 3.05) is 20.6 Å². The minimum absolute atomic E-state index is 0.00802. The van der Waals surface area contributed by atoms with Gasteiger partial charge in [0.1, 0.15) is 5.78 Å². The zero-order chi connectivity index (χ0) is 27.2. The number of fused-ring (bicyclic) bond motifs is 5. The summed E-state index contributed by atoms with van der Waals surface area (Å²) in [4.78, 5) is 43.8. The molecule has 2 N–H and O–H groups in total. The molecule has 1 saturated heterocycles. The van der Waals surface area contributed by atoms with Crippen LogP contribution < -0.4 is 10.6 Å². The number of carbonyl (C=O) groups is 3. The number of carbonyl (C=O) groups excluding carboxylic acids is 3. The summed E-state index contributed by atoms with van der Waals surface area (Å²) in [5.74, 6) is 3.56.